The van der Waals surface area contributed by atoms with Crippen LogP contribution >= 0.6 is 0 Å². The highest BCUT2D eigenvalue weighted by molar-refractivity contribution is 5.99. The summed E-state index contributed by atoms with van der Waals surface area (Å²) in [5, 5.41) is 4.84. The predicted molar refractivity (Wildman–Crippen MR) is 83.3 cm³/mol. The second-order valence-electron chi connectivity index (χ2n) is 6.79. The Morgan fingerprint density at radius 2 is 1.95 bits per heavy atom. The molecule has 2 fully saturated rings. The number of nitrogens with zero attached hydrogens (tertiary/aromatic N) is 3. The van der Waals surface area contributed by atoms with E-state index in [4.69, 9.17) is 9.84 Å². The lowest BCUT2D eigenvalue weighted by Crippen LogP contribution is -2.37. The van der Waals surface area contributed by atoms with Crippen LogP contribution in [-0.4, -0.2) is 53.3 Å². The molecule has 0 unspecified atom stereocenters. The van der Waals surface area contributed by atoms with Gasteiger partial charge in [0.25, 0.3) is 0 Å². The molecule has 5 heteroatoms. The Kier molecular flexibility index (Phi) is 4.01. The molecule has 4 rings (SSSR count). The van der Waals surface area contributed by atoms with Crippen LogP contribution < -0.4 is 0 Å². The largest absolute Gasteiger partial charge is 0.379 e. The Hall–Kier alpha value is -1.20. The lowest BCUT2D eigenvalue weighted by atomic mass is 9.93. The Balaban J connectivity index is 1.45. The number of rotatable bonds is 5. The van der Waals surface area contributed by atoms with Gasteiger partial charge in [-0.25, -0.2) is 0 Å². The second-order valence-corrected chi connectivity index (χ2v) is 6.79. The third kappa shape index (κ3) is 2.84. The maximum absolute atomic E-state index is 12.3. The van der Waals surface area contributed by atoms with Gasteiger partial charge in [-0.3, -0.25) is 14.4 Å². The zero-order chi connectivity index (χ0) is 14.9. The quantitative estimate of drug-likeness (QED) is 0.835. The van der Waals surface area contributed by atoms with Crippen molar-refractivity contribution in [1.82, 2.24) is 14.7 Å². The number of Topliss-reactive ketones (excluding diaryl/α,β-unsaturated/α-hetero) is 1. The fraction of sp³-hybridized carbons (Fsp3) is 0.765. The van der Waals surface area contributed by atoms with Crippen molar-refractivity contribution in [3.8, 4) is 0 Å². The summed E-state index contributed by atoms with van der Waals surface area (Å²) in [5.41, 5.74) is 3.34. The maximum atomic E-state index is 12.3. The molecule has 120 valence electrons. The van der Waals surface area contributed by atoms with Crippen LogP contribution in [0.2, 0.25) is 0 Å². The lowest BCUT2D eigenvalue weighted by Gasteiger charge is -2.26. The molecule has 2 aliphatic carbocycles. The fourth-order valence-corrected chi connectivity index (χ4v) is 3.71. The summed E-state index contributed by atoms with van der Waals surface area (Å²) in [7, 11) is 0. The molecule has 0 spiro atoms. The van der Waals surface area contributed by atoms with Crippen molar-refractivity contribution >= 4 is 5.78 Å². The molecular formula is C17H25N3O2. The topological polar surface area (TPSA) is 47.4 Å². The summed E-state index contributed by atoms with van der Waals surface area (Å²) in [6, 6.07) is 0. The average Bonchev–Trinajstić information content (AvgIpc) is 3.32. The molecule has 0 N–H and O–H groups in total. The molecule has 5 nitrogen and oxygen atoms in total. The first-order chi connectivity index (χ1) is 10.8. The number of carbonyl (C=O) groups excluding carboxylic acids is 1. The first-order valence-corrected chi connectivity index (χ1v) is 8.76. The molecule has 22 heavy (non-hydrogen) atoms. The molecule has 0 bridgehead atoms. The van der Waals surface area contributed by atoms with Gasteiger partial charge in [-0.1, -0.05) is 0 Å². The number of hydrogen-bond acceptors (Lipinski definition) is 4. The van der Waals surface area contributed by atoms with E-state index in [0.29, 0.717) is 18.1 Å². The minimum atomic E-state index is 0.336. The molecule has 1 aromatic heterocycles. The third-order valence-corrected chi connectivity index (χ3v) is 5.09. The smallest absolute Gasteiger partial charge is 0.166 e. The number of carbonyl (C=O) groups is 1. The van der Waals surface area contributed by atoms with Gasteiger partial charge in [0.15, 0.2) is 5.78 Å². The molecule has 0 aromatic carbocycles. The van der Waals surface area contributed by atoms with Crippen molar-refractivity contribution in [3.63, 3.8) is 0 Å². The molecule has 1 aliphatic heterocycles. The molecule has 0 atom stereocenters. The molecule has 3 aliphatic rings. The summed E-state index contributed by atoms with van der Waals surface area (Å²) in [4.78, 5) is 14.8. The van der Waals surface area contributed by atoms with Crippen LogP contribution in [0.4, 0.5) is 0 Å². The summed E-state index contributed by atoms with van der Waals surface area (Å²) in [6.45, 7) is 5.85. The van der Waals surface area contributed by atoms with E-state index in [2.05, 4.69) is 9.58 Å². The monoisotopic (exact) mass is 303 g/mol. The van der Waals surface area contributed by atoms with Gasteiger partial charge in [0.1, 0.15) is 0 Å². The molecule has 1 saturated heterocycles. The minimum absolute atomic E-state index is 0.336. The summed E-state index contributed by atoms with van der Waals surface area (Å²) in [6.07, 6.45) is 6.26. The van der Waals surface area contributed by atoms with Gasteiger partial charge in [-0.15, -0.1) is 0 Å². The summed E-state index contributed by atoms with van der Waals surface area (Å²) in [5.74, 6) is 0.902. The van der Waals surface area contributed by atoms with Crippen molar-refractivity contribution in [2.75, 3.05) is 32.8 Å². The van der Waals surface area contributed by atoms with E-state index in [1.807, 2.05) is 0 Å². The number of hydrogen-bond donors (Lipinski definition) is 0. The van der Waals surface area contributed by atoms with Crippen LogP contribution in [0.3, 0.4) is 0 Å². The van der Waals surface area contributed by atoms with Crippen molar-refractivity contribution in [3.05, 3.63) is 17.0 Å². The maximum Gasteiger partial charge on any atom is 0.166 e. The van der Waals surface area contributed by atoms with Crippen LogP contribution in [0.5, 0.6) is 0 Å². The molecule has 0 amide bonds. The number of aromatic nitrogens is 2. The van der Waals surface area contributed by atoms with Gasteiger partial charge in [-0.2, -0.15) is 5.10 Å². The van der Waals surface area contributed by atoms with Gasteiger partial charge in [0, 0.05) is 44.2 Å². The van der Waals surface area contributed by atoms with Gasteiger partial charge >= 0.3 is 0 Å². The number of ketones is 1. The standard InChI is InChI=1S/C17H25N3O2/c21-15-4-1-3-14-16(15)17(13-5-6-13)18-20(14)8-2-7-19-9-11-22-12-10-19/h13H,1-12H2. The molecular weight excluding hydrogens is 278 g/mol. The third-order valence-electron chi connectivity index (χ3n) is 5.09. The van der Waals surface area contributed by atoms with Crippen LogP contribution in [0.1, 0.15) is 59.8 Å². The minimum Gasteiger partial charge on any atom is -0.379 e. The van der Waals surface area contributed by atoms with Crippen molar-refractivity contribution in [1.29, 1.82) is 0 Å². The highest BCUT2D eigenvalue weighted by Crippen LogP contribution is 2.43. The number of morpholine rings is 1. The molecule has 0 radical (unpaired) electrons. The fourth-order valence-electron chi connectivity index (χ4n) is 3.71. The van der Waals surface area contributed by atoms with Gasteiger partial charge in [0.05, 0.1) is 24.5 Å². The Bertz CT molecular complexity index is 556. The highest BCUT2D eigenvalue weighted by Gasteiger charge is 2.35. The zero-order valence-corrected chi connectivity index (χ0v) is 13.2. The second kappa shape index (κ2) is 6.13. The van der Waals surface area contributed by atoms with Crippen LogP contribution in [0.15, 0.2) is 0 Å². The Morgan fingerprint density at radius 1 is 1.14 bits per heavy atom. The normalized spacial score (nSPS) is 22.8. The SMILES string of the molecule is O=C1CCCc2c1c(C1CC1)nn2CCCN1CCOCC1. The van der Waals surface area contributed by atoms with E-state index in [9.17, 15) is 4.79 Å². The summed E-state index contributed by atoms with van der Waals surface area (Å²) >= 11 is 0. The molecule has 2 heterocycles. The van der Waals surface area contributed by atoms with Crippen molar-refractivity contribution in [2.24, 2.45) is 0 Å². The van der Waals surface area contributed by atoms with Gasteiger partial charge < -0.3 is 4.74 Å². The van der Waals surface area contributed by atoms with E-state index in [1.54, 1.807) is 0 Å². The highest BCUT2D eigenvalue weighted by atomic mass is 16.5. The Labute approximate surface area is 131 Å². The first kappa shape index (κ1) is 14.4. The number of fused-ring (bicyclic) bond motifs is 1. The Morgan fingerprint density at radius 3 is 2.73 bits per heavy atom. The van der Waals surface area contributed by atoms with E-state index >= 15 is 0 Å². The molecule has 1 aromatic rings. The average molecular weight is 303 g/mol. The van der Waals surface area contributed by atoms with Gasteiger partial charge in [-0.05, 0) is 32.1 Å². The van der Waals surface area contributed by atoms with E-state index < -0.39 is 0 Å². The zero-order valence-electron chi connectivity index (χ0n) is 13.2. The number of aryl methyl sites for hydroxylation is 1. The van der Waals surface area contributed by atoms with E-state index in [-0.39, 0.29) is 0 Å². The lowest BCUT2D eigenvalue weighted by molar-refractivity contribution is 0.0368. The van der Waals surface area contributed by atoms with Crippen LogP contribution in [0.25, 0.3) is 0 Å². The first-order valence-electron chi connectivity index (χ1n) is 8.76. The van der Waals surface area contributed by atoms with Crippen molar-refractivity contribution < 1.29 is 9.53 Å². The summed E-state index contributed by atoms with van der Waals surface area (Å²) < 4.78 is 7.54. The van der Waals surface area contributed by atoms with E-state index in [0.717, 1.165) is 69.9 Å². The number of ether oxygens (including phenoxy) is 1. The van der Waals surface area contributed by atoms with E-state index in [1.165, 1.54) is 18.5 Å². The van der Waals surface area contributed by atoms with Crippen LogP contribution in [-0.2, 0) is 17.7 Å². The molecule has 1 saturated carbocycles. The predicted octanol–water partition coefficient (Wildman–Crippen LogP) is 2.00. The van der Waals surface area contributed by atoms with Crippen molar-refractivity contribution in [2.45, 2.75) is 51.0 Å². The van der Waals surface area contributed by atoms with Gasteiger partial charge in [0.2, 0.25) is 0 Å². The van der Waals surface area contributed by atoms with Crippen LogP contribution in [0, 0.1) is 0 Å².